The first-order valence-electron chi connectivity index (χ1n) is 4.00. The fourth-order valence-corrected chi connectivity index (χ4v) is 0.920. The molecule has 0 aromatic carbocycles. The molecule has 0 unspecified atom stereocenters. The summed E-state index contributed by atoms with van der Waals surface area (Å²) in [5, 5.41) is 0. The molecule has 5 heteroatoms. The molecule has 1 aromatic heterocycles. The van der Waals surface area contributed by atoms with E-state index in [1.165, 1.54) is 12.1 Å². The average molecular weight is 213 g/mol. The summed E-state index contributed by atoms with van der Waals surface area (Å²) in [6.07, 6.45) is -3.04. The molecule has 0 radical (unpaired) electrons. The molecule has 2 nitrogen and oxygen atoms in total. The second kappa shape index (κ2) is 4.60. The van der Waals surface area contributed by atoms with Gasteiger partial charge < -0.3 is 4.79 Å². The maximum atomic E-state index is 12.4. The highest BCUT2D eigenvalue weighted by molar-refractivity contribution is 5.55. The molecule has 0 aliphatic rings. The SMILES string of the molecule is O=CCC#Cc1cccnc1C(F)(F)F. The Morgan fingerprint density at radius 2 is 2.20 bits per heavy atom. The highest BCUT2D eigenvalue weighted by Crippen LogP contribution is 2.29. The van der Waals surface area contributed by atoms with E-state index < -0.39 is 11.9 Å². The lowest BCUT2D eigenvalue weighted by molar-refractivity contribution is -0.141. The van der Waals surface area contributed by atoms with Gasteiger partial charge in [-0.15, -0.1) is 0 Å². The lowest BCUT2D eigenvalue weighted by atomic mass is 10.2. The third kappa shape index (κ3) is 3.09. The molecular formula is C10H6F3NO. The van der Waals surface area contributed by atoms with Gasteiger partial charge in [-0.1, -0.05) is 11.8 Å². The molecule has 0 fully saturated rings. The Morgan fingerprint density at radius 3 is 2.80 bits per heavy atom. The molecule has 0 aliphatic heterocycles. The van der Waals surface area contributed by atoms with Crippen LogP contribution in [0, 0.1) is 11.8 Å². The fraction of sp³-hybridized carbons (Fsp3) is 0.200. The third-order valence-corrected chi connectivity index (χ3v) is 1.48. The van der Waals surface area contributed by atoms with Crippen LogP contribution in [0.1, 0.15) is 17.7 Å². The van der Waals surface area contributed by atoms with Crippen LogP contribution < -0.4 is 0 Å². The molecular weight excluding hydrogens is 207 g/mol. The number of halogens is 3. The number of hydrogen-bond acceptors (Lipinski definition) is 2. The van der Waals surface area contributed by atoms with E-state index in [0.717, 1.165) is 6.20 Å². The van der Waals surface area contributed by atoms with E-state index in [4.69, 9.17) is 0 Å². The summed E-state index contributed by atoms with van der Waals surface area (Å²) in [7, 11) is 0. The quantitative estimate of drug-likeness (QED) is 0.527. The molecule has 0 atom stereocenters. The lowest BCUT2D eigenvalue weighted by Crippen LogP contribution is -2.10. The summed E-state index contributed by atoms with van der Waals surface area (Å²) >= 11 is 0. The number of nitrogens with zero attached hydrogens (tertiary/aromatic N) is 1. The highest BCUT2D eigenvalue weighted by Gasteiger charge is 2.34. The largest absolute Gasteiger partial charge is 0.434 e. The van der Waals surface area contributed by atoms with E-state index in [1.807, 2.05) is 0 Å². The van der Waals surface area contributed by atoms with Gasteiger partial charge in [0.05, 0.1) is 12.0 Å². The smallest absolute Gasteiger partial charge is 0.302 e. The van der Waals surface area contributed by atoms with Crippen molar-refractivity contribution in [1.82, 2.24) is 4.98 Å². The molecule has 15 heavy (non-hydrogen) atoms. The van der Waals surface area contributed by atoms with Crippen molar-refractivity contribution in [2.45, 2.75) is 12.6 Å². The van der Waals surface area contributed by atoms with Gasteiger partial charge >= 0.3 is 6.18 Å². The van der Waals surface area contributed by atoms with Crippen molar-refractivity contribution in [2.75, 3.05) is 0 Å². The zero-order valence-corrected chi connectivity index (χ0v) is 7.51. The summed E-state index contributed by atoms with van der Waals surface area (Å²) < 4.78 is 37.1. The van der Waals surface area contributed by atoms with Crippen LogP contribution in [0.5, 0.6) is 0 Å². The summed E-state index contributed by atoms with van der Waals surface area (Å²) in [4.78, 5) is 13.1. The third-order valence-electron chi connectivity index (χ3n) is 1.48. The van der Waals surface area contributed by atoms with E-state index in [-0.39, 0.29) is 12.0 Å². The summed E-state index contributed by atoms with van der Waals surface area (Å²) in [6.45, 7) is 0. The Hall–Kier alpha value is -1.83. The fourth-order valence-electron chi connectivity index (χ4n) is 0.920. The zero-order chi connectivity index (χ0) is 11.3. The number of pyridine rings is 1. The number of alkyl halides is 3. The predicted molar refractivity (Wildman–Crippen MR) is 46.8 cm³/mol. The van der Waals surface area contributed by atoms with Crippen LogP contribution in [0.15, 0.2) is 18.3 Å². The van der Waals surface area contributed by atoms with Gasteiger partial charge in [-0.05, 0) is 12.1 Å². The molecule has 0 N–H and O–H groups in total. The van der Waals surface area contributed by atoms with Gasteiger partial charge in [-0.2, -0.15) is 13.2 Å². The Bertz CT molecular complexity index is 415. The number of carbonyl (C=O) groups excluding carboxylic acids is 1. The Balaban J connectivity index is 3.09. The first kappa shape index (κ1) is 11.2. The molecule has 0 aliphatic carbocycles. The van der Waals surface area contributed by atoms with Crippen LogP contribution in [-0.4, -0.2) is 11.3 Å². The minimum Gasteiger partial charge on any atom is -0.302 e. The molecule has 1 aromatic rings. The molecule has 0 amide bonds. The lowest BCUT2D eigenvalue weighted by Gasteiger charge is -2.06. The second-order valence-electron chi connectivity index (χ2n) is 2.57. The van der Waals surface area contributed by atoms with Crippen LogP contribution >= 0.6 is 0 Å². The van der Waals surface area contributed by atoms with Crippen molar-refractivity contribution < 1.29 is 18.0 Å². The van der Waals surface area contributed by atoms with E-state index in [9.17, 15) is 18.0 Å². The number of aromatic nitrogens is 1. The van der Waals surface area contributed by atoms with E-state index in [1.54, 1.807) is 0 Å². The van der Waals surface area contributed by atoms with Crippen LogP contribution in [0.4, 0.5) is 13.2 Å². The molecule has 1 heterocycles. The molecule has 0 saturated heterocycles. The maximum absolute atomic E-state index is 12.4. The molecule has 1 rings (SSSR count). The Kier molecular flexibility index (Phi) is 3.45. The van der Waals surface area contributed by atoms with Gasteiger partial charge in [0.1, 0.15) is 6.29 Å². The summed E-state index contributed by atoms with van der Waals surface area (Å²) in [5.74, 6) is 4.56. The van der Waals surface area contributed by atoms with Crippen molar-refractivity contribution in [2.24, 2.45) is 0 Å². The van der Waals surface area contributed by atoms with Crippen LogP contribution in [0.25, 0.3) is 0 Å². The van der Waals surface area contributed by atoms with Crippen LogP contribution in [0.2, 0.25) is 0 Å². The first-order chi connectivity index (χ1) is 7.05. The van der Waals surface area contributed by atoms with Gasteiger partial charge in [-0.25, -0.2) is 0 Å². The van der Waals surface area contributed by atoms with E-state index in [2.05, 4.69) is 16.8 Å². The predicted octanol–water partition coefficient (Wildman–Crippen LogP) is 2.04. The van der Waals surface area contributed by atoms with Gasteiger partial charge in [0.2, 0.25) is 0 Å². The molecule has 0 saturated carbocycles. The highest BCUT2D eigenvalue weighted by atomic mass is 19.4. The number of rotatable bonds is 1. The van der Waals surface area contributed by atoms with Crippen molar-refractivity contribution in [3.63, 3.8) is 0 Å². The van der Waals surface area contributed by atoms with Gasteiger partial charge in [0, 0.05) is 6.20 Å². The van der Waals surface area contributed by atoms with Gasteiger partial charge in [0.25, 0.3) is 0 Å². The zero-order valence-electron chi connectivity index (χ0n) is 7.51. The number of aldehydes is 1. The van der Waals surface area contributed by atoms with Crippen molar-refractivity contribution in [3.8, 4) is 11.8 Å². The standard InChI is InChI=1S/C10H6F3NO/c11-10(12,13)9-8(4-1-2-7-15)5-3-6-14-9/h3,5-7H,2H2. The Morgan fingerprint density at radius 1 is 1.47 bits per heavy atom. The van der Waals surface area contributed by atoms with Crippen LogP contribution in [-0.2, 0) is 11.0 Å². The maximum Gasteiger partial charge on any atom is 0.434 e. The van der Waals surface area contributed by atoms with Crippen molar-refractivity contribution >= 4 is 6.29 Å². The van der Waals surface area contributed by atoms with Crippen molar-refractivity contribution in [1.29, 1.82) is 0 Å². The monoisotopic (exact) mass is 213 g/mol. The van der Waals surface area contributed by atoms with E-state index >= 15 is 0 Å². The number of carbonyl (C=O) groups is 1. The minimum absolute atomic E-state index is 0.0911. The van der Waals surface area contributed by atoms with E-state index in [0.29, 0.717) is 6.29 Å². The molecule has 0 bridgehead atoms. The Labute approximate surface area is 84.1 Å². The van der Waals surface area contributed by atoms with Crippen LogP contribution in [0.3, 0.4) is 0 Å². The first-order valence-corrected chi connectivity index (χ1v) is 4.00. The van der Waals surface area contributed by atoms with Gasteiger partial charge in [0.15, 0.2) is 5.69 Å². The molecule has 0 spiro atoms. The summed E-state index contributed by atoms with van der Waals surface area (Å²) in [6, 6.07) is 2.58. The average Bonchev–Trinajstić information content (AvgIpc) is 2.17. The van der Waals surface area contributed by atoms with Crippen molar-refractivity contribution in [3.05, 3.63) is 29.6 Å². The molecule has 78 valence electrons. The topological polar surface area (TPSA) is 30.0 Å². The normalized spacial score (nSPS) is 10.3. The minimum atomic E-state index is -4.52. The van der Waals surface area contributed by atoms with Gasteiger partial charge in [-0.3, -0.25) is 4.98 Å². The second-order valence-corrected chi connectivity index (χ2v) is 2.57. The summed E-state index contributed by atoms with van der Waals surface area (Å²) in [5.41, 5.74) is -1.24. The number of hydrogen-bond donors (Lipinski definition) is 0.